The van der Waals surface area contributed by atoms with Crippen LogP contribution in [0.5, 0.6) is 0 Å². The quantitative estimate of drug-likeness (QED) is 0.853. The minimum absolute atomic E-state index is 0.0935. The summed E-state index contributed by atoms with van der Waals surface area (Å²) in [6.45, 7) is 2.11. The molecule has 0 radical (unpaired) electrons. The fourth-order valence-electron chi connectivity index (χ4n) is 2.71. The minimum atomic E-state index is -0.0935. The Hall–Kier alpha value is -1.51. The van der Waals surface area contributed by atoms with Gasteiger partial charge < -0.3 is 10.6 Å². The molecule has 2 atom stereocenters. The third kappa shape index (κ3) is 2.50. The molecule has 1 unspecified atom stereocenters. The molecular weight excluding hydrogens is 224 g/mol. The van der Waals surface area contributed by atoms with Crippen molar-refractivity contribution in [2.75, 3.05) is 5.32 Å². The molecule has 3 rings (SSSR count). The summed E-state index contributed by atoms with van der Waals surface area (Å²) >= 11 is 0. The van der Waals surface area contributed by atoms with Gasteiger partial charge in [0.2, 0.25) is 5.91 Å². The van der Waals surface area contributed by atoms with E-state index in [4.69, 9.17) is 0 Å². The highest BCUT2D eigenvalue weighted by Crippen LogP contribution is 2.33. The van der Waals surface area contributed by atoms with Crippen molar-refractivity contribution in [1.29, 1.82) is 0 Å². The van der Waals surface area contributed by atoms with E-state index >= 15 is 0 Å². The molecule has 2 aliphatic rings. The first-order chi connectivity index (χ1) is 8.72. The number of anilines is 1. The van der Waals surface area contributed by atoms with E-state index in [1.807, 2.05) is 18.2 Å². The maximum Gasteiger partial charge on any atom is 0.243 e. The van der Waals surface area contributed by atoms with Crippen molar-refractivity contribution < 1.29 is 4.79 Å². The molecule has 0 aromatic heterocycles. The van der Waals surface area contributed by atoms with E-state index in [2.05, 4.69) is 23.6 Å². The molecule has 1 heterocycles. The number of para-hydroxylation sites is 1. The second kappa shape index (κ2) is 4.63. The molecule has 96 valence electrons. The van der Waals surface area contributed by atoms with Crippen LogP contribution in [-0.4, -0.2) is 18.0 Å². The number of amides is 1. The topological polar surface area (TPSA) is 41.1 Å². The Kier molecular flexibility index (Phi) is 2.98. The normalized spacial score (nSPS) is 23.1. The summed E-state index contributed by atoms with van der Waals surface area (Å²) in [5.41, 5.74) is 2.35. The molecule has 0 bridgehead atoms. The van der Waals surface area contributed by atoms with E-state index in [-0.39, 0.29) is 11.9 Å². The molecule has 2 N–H and O–H groups in total. The minimum Gasteiger partial charge on any atom is -0.373 e. The van der Waals surface area contributed by atoms with Crippen LogP contribution >= 0.6 is 0 Å². The van der Waals surface area contributed by atoms with Crippen molar-refractivity contribution in [3.63, 3.8) is 0 Å². The highest BCUT2D eigenvalue weighted by molar-refractivity contribution is 5.87. The molecule has 0 saturated heterocycles. The van der Waals surface area contributed by atoms with Crippen LogP contribution in [0.4, 0.5) is 5.69 Å². The zero-order valence-corrected chi connectivity index (χ0v) is 10.8. The first-order valence-corrected chi connectivity index (χ1v) is 6.87. The van der Waals surface area contributed by atoms with Crippen molar-refractivity contribution in [1.82, 2.24) is 5.32 Å². The number of fused-ring (bicyclic) bond motifs is 1. The smallest absolute Gasteiger partial charge is 0.243 e. The van der Waals surface area contributed by atoms with Gasteiger partial charge >= 0.3 is 0 Å². The van der Waals surface area contributed by atoms with Gasteiger partial charge in [0.05, 0.1) is 0 Å². The maximum absolute atomic E-state index is 12.2. The Morgan fingerprint density at radius 3 is 2.94 bits per heavy atom. The molecular formula is C15H20N2O. The van der Waals surface area contributed by atoms with Crippen molar-refractivity contribution in [3.05, 3.63) is 29.8 Å². The Balaban J connectivity index is 1.55. The van der Waals surface area contributed by atoms with Crippen LogP contribution in [-0.2, 0) is 11.2 Å². The molecule has 3 nitrogen and oxygen atoms in total. The van der Waals surface area contributed by atoms with Crippen LogP contribution in [0, 0.1) is 5.92 Å². The molecule has 1 aliphatic heterocycles. The second-order valence-corrected chi connectivity index (χ2v) is 5.65. The lowest BCUT2D eigenvalue weighted by molar-refractivity contribution is -0.122. The van der Waals surface area contributed by atoms with Crippen LogP contribution in [0.2, 0.25) is 0 Å². The molecule has 1 aromatic carbocycles. The monoisotopic (exact) mass is 244 g/mol. The molecule has 0 spiro atoms. The lowest BCUT2D eigenvalue weighted by Gasteiger charge is -2.17. The molecule has 1 amide bonds. The van der Waals surface area contributed by atoms with Gasteiger partial charge in [0.15, 0.2) is 0 Å². The number of benzene rings is 1. The lowest BCUT2D eigenvalue weighted by atomic mass is 10.1. The van der Waals surface area contributed by atoms with Gasteiger partial charge in [-0.25, -0.2) is 0 Å². The van der Waals surface area contributed by atoms with E-state index in [1.54, 1.807) is 0 Å². The van der Waals surface area contributed by atoms with Gasteiger partial charge in [-0.1, -0.05) is 31.0 Å². The molecule has 18 heavy (non-hydrogen) atoms. The number of hydrogen-bond acceptors (Lipinski definition) is 2. The highest BCUT2D eigenvalue weighted by Gasteiger charge is 2.29. The van der Waals surface area contributed by atoms with Gasteiger partial charge in [0.1, 0.15) is 6.04 Å². The third-order valence-corrected chi connectivity index (χ3v) is 3.86. The molecule has 1 aliphatic carbocycles. The van der Waals surface area contributed by atoms with Crippen LogP contribution in [0.1, 0.15) is 31.7 Å². The van der Waals surface area contributed by atoms with E-state index in [0.717, 1.165) is 24.4 Å². The zero-order valence-electron chi connectivity index (χ0n) is 10.8. The van der Waals surface area contributed by atoms with Gasteiger partial charge in [0.25, 0.3) is 0 Å². The van der Waals surface area contributed by atoms with Gasteiger partial charge in [-0.2, -0.15) is 0 Å². The Bertz CT molecular complexity index is 429. The second-order valence-electron chi connectivity index (χ2n) is 5.65. The van der Waals surface area contributed by atoms with Gasteiger partial charge in [-0.15, -0.1) is 0 Å². The summed E-state index contributed by atoms with van der Waals surface area (Å²) in [4.78, 5) is 12.2. The third-order valence-electron chi connectivity index (χ3n) is 3.86. The number of carbonyl (C=O) groups excluding carboxylic acids is 1. The number of nitrogens with one attached hydrogen (secondary N) is 2. The van der Waals surface area contributed by atoms with Crippen molar-refractivity contribution in [2.45, 2.75) is 44.7 Å². The van der Waals surface area contributed by atoms with Crippen LogP contribution in [0.15, 0.2) is 24.3 Å². The van der Waals surface area contributed by atoms with E-state index in [9.17, 15) is 4.79 Å². The Labute approximate surface area is 108 Å². The van der Waals surface area contributed by atoms with Gasteiger partial charge in [-0.3, -0.25) is 4.79 Å². The van der Waals surface area contributed by atoms with Crippen molar-refractivity contribution in [3.8, 4) is 0 Å². The van der Waals surface area contributed by atoms with Crippen LogP contribution < -0.4 is 10.6 Å². The van der Waals surface area contributed by atoms with Crippen LogP contribution in [0.3, 0.4) is 0 Å². The summed E-state index contributed by atoms with van der Waals surface area (Å²) in [5.74, 6) is 0.994. The summed E-state index contributed by atoms with van der Waals surface area (Å²) in [6, 6.07) is 8.36. The summed E-state index contributed by atoms with van der Waals surface area (Å²) < 4.78 is 0. The Morgan fingerprint density at radius 1 is 1.44 bits per heavy atom. The lowest BCUT2D eigenvalue weighted by Crippen LogP contribution is -2.43. The largest absolute Gasteiger partial charge is 0.373 e. The maximum atomic E-state index is 12.2. The fourth-order valence-corrected chi connectivity index (χ4v) is 2.71. The summed E-state index contributed by atoms with van der Waals surface area (Å²) in [5, 5.41) is 6.42. The highest BCUT2D eigenvalue weighted by atomic mass is 16.2. The molecule has 1 aromatic rings. The summed E-state index contributed by atoms with van der Waals surface area (Å²) in [7, 11) is 0. The fraction of sp³-hybridized carbons (Fsp3) is 0.533. The summed E-state index contributed by atoms with van der Waals surface area (Å²) in [6.07, 6.45) is 4.62. The molecule has 1 saturated carbocycles. The van der Waals surface area contributed by atoms with Gasteiger partial charge in [-0.05, 0) is 30.9 Å². The standard InChI is InChI=1S/C15H20N2O/c1-10(8-11-6-7-11)16-15(18)14-9-12-4-2-3-5-13(12)17-14/h2-5,10-11,14,17H,6-9H2,1H3,(H,16,18)/t10?,14-/m0/s1. The predicted molar refractivity (Wildman–Crippen MR) is 72.5 cm³/mol. The van der Waals surface area contributed by atoms with E-state index in [1.165, 1.54) is 18.4 Å². The Morgan fingerprint density at radius 2 is 2.22 bits per heavy atom. The average Bonchev–Trinajstić information content (AvgIpc) is 3.05. The average molecular weight is 244 g/mol. The number of hydrogen-bond donors (Lipinski definition) is 2. The van der Waals surface area contributed by atoms with Crippen LogP contribution in [0.25, 0.3) is 0 Å². The van der Waals surface area contributed by atoms with Gasteiger partial charge in [0, 0.05) is 18.2 Å². The number of carbonyl (C=O) groups is 1. The molecule has 3 heteroatoms. The number of rotatable bonds is 4. The SMILES string of the molecule is CC(CC1CC1)NC(=O)[C@@H]1Cc2ccccc2N1. The first kappa shape index (κ1) is 11.6. The van der Waals surface area contributed by atoms with Crippen molar-refractivity contribution >= 4 is 11.6 Å². The van der Waals surface area contributed by atoms with E-state index in [0.29, 0.717) is 6.04 Å². The van der Waals surface area contributed by atoms with E-state index < -0.39 is 0 Å². The first-order valence-electron chi connectivity index (χ1n) is 6.87. The zero-order chi connectivity index (χ0) is 12.5. The molecule has 1 fully saturated rings. The van der Waals surface area contributed by atoms with Crippen molar-refractivity contribution in [2.24, 2.45) is 5.92 Å². The predicted octanol–water partition coefficient (Wildman–Crippen LogP) is 2.33.